The van der Waals surface area contributed by atoms with Crippen molar-refractivity contribution in [2.24, 2.45) is 0 Å². The summed E-state index contributed by atoms with van der Waals surface area (Å²) in [5.41, 5.74) is 2.04. The lowest BCUT2D eigenvalue weighted by atomic mass is 10.1. The molecule has 22 heavy (non-hydrogen) atoms. The fourth-order valence-electron chi connectivity index (χ4n) is 2.43. The summed E-state index contributed by atoms with van der Waals surface area (Å²) in [5, 5.41) is 9.54. The maximum absolute atomic E-state index is 9.54. The molecule has 0 aliphatic rings. The van der Waals surface area contributed by atoms with E-state index in [9.17, 15) is 5.11 Å². The lowest BCUT2D eigenvalue weighted by Crippen LogP contribution is -2.17. The van der Waals surface area contributed by atoms with Crippen LogP contribution < -0.4 is 4.74 Å². The van der Waals surface area contributed by atoms with Crippen molar-refractivity contribution in [3.05, 3.63) is 51.2 Å². The molecule has 0 atom stereocenters. The zero-order valence-electron chi connectivity index (χ0n) is 13.8. The Morgan fingerprint density at radius 1 is 1.18 bits per heavy atom. The molecule has 0 radical (unpaired) electrons. The average Bonchev–Trinajstić information content (AvgIpc) is 2.85. The Balaban J connectivity index is 2.02. The van der Waals surface area contributed by atoms with Gasteiger partial charge in [-0.2, -0.15) is 0 Å². The van der Waals surface area contributed by atoms with Crippen molar-refractivity contribution in [1.82, 2.24) is 4.90 Å². The van der Waals surface area contributed by atoms with Crippen LogP contribution in [0, 0.1) is 6.92 Å². The molecule has 2 rings (SSSR count). The van der Waals surface area contributed by atoms with Gasteiger partial charge >= 0.3 is 0 Å². The summed E-state index contributed by atoms with van der Waals surface area (Å²) < 4.78 is 5.72. The molecule has 1 N–H and O–H groups in total. The lowest BCUT2D eigenvalue weighted by Gasteiger charge is -2.18. The summed E-state index contributed by atoms with van der Waals surface area (Å²) in [4.78, 5) is 5.01. The van der Waals surface area contributed by atoms with Gasteiger partial charge in [0, 0.05) is 28.4 Å². The first kappa shape index (κ1) is 17.0. The molecule has 0 amide bonds. The van der Waals surface area contributed by atoms with Gasteiger partial charge in [-0.25, -0.2) is 0 Å². The molecule has 0 saturated heterocycles. The van der Waals surface area contributed by atoms with E-state index in [1.165, 1.54) is 15.3 Å². The highest BCUT2D eigenvalue weighted by molar-refractivity contribution is 7.11. The van der Waals surface area contributed by atoms with Crippen LogP contribution >= 0.6 is 11.3 Å². The van der Waals surface area contributed by atoms with E-state index in [1.54, 1.807) is 0 Å². The SMILES string of the molecule is Cc1ccc(CN(C)Cc2ccc(OC(C)C)c(CO)c2)s1. The van der Waals surface area contributed by atoms with E-state index >= 15 is 0 Å². The first-order valence-electron chi connectivity index (χ1n) is 7.61. The van der Waals surface area contributed by atoms with Gasteiger partial charge in [-0.3, -0.25) is 4.90 Å². The second-order valence-electron chi connectivity index (χ2n) is 5.95. The number of benzene rings is 1. The molecule has 0 spiro atoms. The first-order valence-corrected chi connectivity index (χ1v) is 8.42. The van der Waals surface area contributed by atoms with Gasteiger partial charge in [0.2, 0.25) is 0 Å². The summed E-state index contributed by atoms with van der Waals surface area (Å²) in [5.74, 6) is 0.776. The molecule has 0 aliphatic heterocycles. The van der Waals surface area contributed by atoms with Gasteiger partial charge in [0.25, 0.3) is 0 Å². The molecule has 1 heterocycles. The number of aliphatic hydroxyl groups is 1. The van der Waals surface area contributed by atoms with Crippen molar-refractivity contribution in [1.29, 1.82) is 0 Å². The fourth-order valence-corrected chi connectivity index (χ4v) is 3.40. The van der Waals surface area contributed by atoms with Crippen molar-refractivity contribution in [2.75, 3.05) is 7.05 Å². The zero-order chi connectivity index (χ0) is 16.1. The van der Waals surface area contributed by atoms with Crippen LogP contribution in [-0.4, -0.2) is 23.2 Å². The smallest absolute Gasteiger partial charge is 0.125 e. The number of rotatable bonds is 7. The predicted molar refractivity (Wildman–Crippen MR) is 92.4 cm³/mol. The van der Waals surface area contributed by atoms with Gasteiger partial charge < -0.3 is 9.84 Å². The van der Waals surface area contributed by atoms with Crippen molar-refractivity contribution in [2.45, 2.75) is 46.6 Å². The minimum absolute atomic E-state index is 0.00370. The Hall–Kier alpha value is -1.36. The molecule has 120 valence electrons. The third kappa shape index (κ3) is 4.83. The van der Waals surface area contributed by atoms with Crippen LogP contribution in [0.1, 0.15) is 34.7 Å². The van der Waals surface area contributed by atoms with Gasteiger partial charge in [0.15, 0.2) is 0 Å². The van der Waals surface area contributed by atoms with Crippen molar-refractivity contribution in [3.63, 3.8) is 0 Å². The molecule has 0 unspecified atom stereocenters. The van der Waals surface area contributed by atoms with Crippen LogP contribution in [0.4, 0.5) is 0 Å². The number of hydrogen-bond acceptors (Lipinski definition) is 4. The number of nitrogens with zero attached hydrogens (tertiary/aromatic N) is 1. The molecular weight excluding hydrogens is 294 g/mol. The van der Waals surface area contributed by atoms with Gasteiger partial charge in [0.05, 0.1) is 12.7 Å². The van der Waals surface area contributed by atoms with E-state index < -0.39 is 0 Å². The second-order valence-corrected chi connectivity index (χ2v) is 7.32. The van der Waals surface area contributed by atoms with E-state index in [0.717, 1.165) is 24.4 Å². The monoisotopic (exact) mass is 319 g/mol. The minimum atomic E-state index is 0.00370. The van der Waals surface area contributed by atoms with Gasteiger partial charge in [0.1, 0.15) is 5.75 Å². The highest BCUT2D eigenvalue weighted by Gasteiger charge is 2.09. The minimum Gasteiger partial charge on any atom is -0.491 e. The third-order valence-corrected chi connectivity index (χ3v) is 4.32. The van der Waals surface area contributed by atoms with Gasteiger partial charge in [-0.15, -0.1) is 11.3 Å². The van der Waals surface area contributed by atoms with E-state index in [0.29, 0.717) is 0 Å². The molecule has 0 bridgehead atoms. The zero-order valence-corrected chi connectivity index (χ0v) is 14.6. The number of aryl methyl sites for hydroxylation is 1. The maximum atomic E-state index is 9.54. The summed E-state index contributed by atoms with van der Waals surface area (Å²) in [6.45, 7) is 7.92. The van der Waals surface area contributed by atoms with Crippen LogP contribution in [0.25, 0.3) is 0 Å². The number of thiophene rings is 1. The Kier molecular flexibility index (Phi) is 6.00. The molecule has 2 aromatic rings. The van der Waals surface area contributed by atoms with Gasteiger partial charge in [-0.1, -0.05) is 6.07 Å². The Morgan fingerprint density at radius 2 is 1.95 bits per heavy atom. The quantitative estimate of drug-likeness (QED) is 0.838. The predicted octanol–water partition coefficient (Wildman–Crippen LogP) is 3.97. The van der Waals surface area contributed by atoms with Crippen LogP contribution in [0.3, 0.4) is 0 Å². The first-order chi connectivity index (χ1) is 10.5. The average molecular weight is 319 g/mol. The van der Waals surface area contributed by atoms with Crippen LogP contribution in [0.2, 0.25) is 0 Å². The maximum Gasteiger partial charge on any atom is 0.125 e. The normalized spacial score (nSPS) is 11.4. The molecule has 3 nitrogen and oxygen atoms in total. The van der Waals surface area contributed by atoms with Crippen molar-refractivity contribution < 1.29 is 9.84 Å². The molecule has 4 heteroatoms. The molecule has 0 aliphatic carbocycles. The Bertz CT molecular complexity index is 607. The van der Waals surface area contributed by atoms with E-state index in [2.05, 4.69) is 37.1 Å². The fraction of sp³-hybridized carbons (Fsp3) is 0.444. The van der Waals surface area contributed by atoms with E-state index in [1.807, 2.05) is 37.3 Å². The summed E-state index contributed by atoms with van der Waals surface area (Å²) >= 11 is 1.84. The summed E-state index contributed by atoms with van der Waals surface area (Å²) in [7, 11) is 2.12. The van der Waals surface area contributed by atoms with Crippen LogP contribution in [0.15, 0.2) is 30.3 Å². The summed E-state index contributed by atoms with van der Waals surface area (Å²) in [6.07, 6.45) is 0.112. The Morgan fingerprint density at radius 3 is 2.55 bits per heavy atom. The number of ether oxygens (including phenoxy) is 1. The van der Waals surface area contributed by atoms with Crippen LogP contribution in [0.5, 0.6) is 5.75 Å². The largest absolute Gasteiger partial charge is 0.491 e. The molecule has 0 saturated carbocycles. The van der Waals surface area contributed by atoms with Crippen molar-refractivity contribution in [3.8, 4) is 5.75 Å². The second kappa shape index (κ2) is 7.77. The standard InChI is InChI=1S/C18H25NO2S/c1-13(2)21-18-8-6-15(9-16(18)12-20)10-19(4)11-17-7-5-14(3)22-17/h5-9,13,20H,10-12H2,1-4H3. The van der Waals surface area contributed by atoms with E-state index in [-0.39, 0.29) is 12.7 Å². The summed E-state index contributed by atoms with van der Waals surface area (Å²) in [6, 6.07) is 10.4. The highest BCUT2D eigenvalue weighted by atomic mass is 32.1. The Labute approximate surface area is 137 Å². The number of aliphatic hydroxyl groups excluding tert-OH is 1. The number of hydrogen-bond donors (Lipinski definition) is 1. The molecular formula is C18H25NO2S. The molecule has 1 aromatic carbocycles. The molecule has 1 aromatic heterocycles. The van der Waals surface area contributed by atoms with E-state index in [4.69, 9.17) is 4.74 Å². The van der Waals surface area contributed by atoms with Crippen LogP contribution in [-0.2, 0) is 19.7 Å². The van der Waals surface area contributed by atoms with Crippen molar-refractivity contribution >= 4 is 11.3 Å². The highest BCUT2D eigenvalue weighted by Crippen LogP contribution is 2.23. The lowest BCUT2D eigenvalue weighted by molar-refractivity contribution is 0.225. The van der Waals surface area contributed by atoms with Gasteiger partial charge in [-0.05, 0) is 57.6 Å². The topological polar surface area (TPSA) is 32.7 Å². The third-order valence-electron chi connectivity index (χ3n) is 3.33. The molecule has 0 fully saturated rings.